The lowest BCUT2D eigenvalue weighted by molar-refractivity contribution is 1.30. The maximum Gasteiger partial charge on any atom is 0.131 e. The van der Waals surface area contributed by atoms with Gasteiger partial charge in [-0.1, -0.05) is 11.6 Å². The number of H-pyrrole nitrogens is 1. The molecule has 2 rings (SSSR count). The Morgan fingerprint density at radius 3 is 3.00 bits per heavy atom. The predicted octanol–water partition coefficient (Wildman–Crippen LogP) is 2.11. The van der Waals surface area contributed by atoms with Crippen molar-refractivity contribution in [2.24, 2.45) is 0 Å². The molecule has 0 aliphatic carbocycles. The molecule has 2 heterocycles. The molecule has 62 valence electrons. The molecule has 0 amide bonds. The molecule has 0 spiro atoms. The van der Waals surface area contributed by atoms with Gasteiger partial charge in [-0.25, -0.2) is 4.98 Å². The monoisotopic (exact) mass is 181 g/mol. The van der Waals surface area contributed by atoms with Crippen molar-refractivity contribution in [1.29, 1.82) is 0 Å². The molecule has 0 saturated heterocycles. The molecule has 0 unspecified atom stereocenters. The third kappa shape index (κ3) is 1.02. The first-order chi connectivity index (χ1) is 5.66. The smallest absolute Gasteiger partial charge is 0.131 e. The molecule has 0 aliphatic heterocycles. The maximum absolute atomic E-state index is 5.73. The number of rotatable bonds is 0. The molecular weight excluding hydrogens is 174 g/mol. The van der Waals surface area contributed by atoms with Crippen LogP contribution < -0.4 is 5.73 Å². The highest BCUT2D eigenvalue weighted by Crippen LogP contribution is 2.22. The van der Waals surface area contributed by atoms with Crippen molar-refractivity contribution >= 4 is 28.3 Å². The van der Waals surface area contributed by atoms with Crippen molar-refractivity contribution in [3.8, 4) is 0 Å². The first-order valence-corrected chi connectivity index (χ1v) is 3.96. The number of aromatic nitrogens is 2. The maximum atomic E-state index is 5.73. The summed E-state index contributed by atoms with van der Waals surface area (Å²) in [6.07, 6.45) is 0. The second-order valence-corrected chi connectivity index (χ2v) is 3.13. The molecule has 0 fully saturated rings. The number of pyridine rings is 1. The Kier molecular flexibility index (Phi) is 1.48. The summed E-state index contributed by atoms with van der Waals surface area (Å²) in [5.41, 5.74) is 9.06. The normalized spacial score (nSPS) is 10.8. The quantitative estimate of drug-likeness (QED) is 0.612. The largest absolute Gasteiger partial charge is 0.397 e. The van der Waals surface area contributed by atoms with Crippen LogP contribution in [0.3, 0.4) is 0 Å². The zero-order valence-electron chi connectivity index (χ0n) is 6.56. The number of nitrogen functional groups attached to an aromatic ring is 1. The summed E-state index contributed by atoms with van der Waals surface area (Å²) in [7, 11) is 0. The van der Waals surface area contributed by atoms with E-state index in [0.29, 0.717) is 10.8 Å². The second kappa shape index (κ2) is 2.38. The van der Waals surface area contributed by atoms with E-state index < -0.39 is 0 Å². The number of aryl methyl sites for hydroxylation is 1. The van der Waals surface area contributed by atoms with Gasteiger partial charge in [-0.2, -0.15) is 0 Å². The van der Waals surface area contributed by atoms with Crippen molar-refractivity contribution in [3.05, 3.63) is 23.0 Å². The lowest BCUT2D eigenvalue weighted by atomic mass is 10.3. The van der Waals surface area contributed by atoms with E-state index in [2.05, 4.69) is 9.97 Å². The SMILES string of the molecule is Cc1cc2nc(Cl)cc(N)c2[nH]1. The van der Waals surface area contributed by atoms with E-state index in [9.17, 15) is 0 Å². The van der Waals surface area contributed by atoms with E-state index in [1.165, 1.54) is 0 Å². The van der Waals surface area contributed by atoms with Crippen LogP contribution in [0.4, 0.5) is 5.69 Å². The summed E-state index contributed by atoms with van der Waals surface area (Å²) in [6, 6.07) is 3.55. The average molecular weight is 182 g/mol. The molecule has 0 radical (unpaired) electrons. The van der Waals surface area contributed by atoms with Gasteiger partial charge in [0.2, 0.25) is 0 Å². The minimum Gasteiger partial charge on any atom is -0.397 e. The van der Waals surface area contributed by atoms with Gasteiger partial charge in [-0.05, 0) is 13.0 Å². The van der Waals surface area contributed by atoms with Crippen molar-refractivity contribution in [3.63, 3.8) is 0 Å². The molecule has 12 heavy (non-hydrogen) atoms. The van der Waals surface area contributed by atoms with Crippen LogP contribution in [-0.4, -0.2) is 9.97 Å². The van der Waals surface area contributed by atoms with Crippen LogP contribution in [0.5, 0.6) is 0 Å². The van der Waals surface area contributed by atoms with E-state index >= 15 is 0 Å². The van der Waals surface area contributed by atoms with Crippen LogP contribution in [0.25, 0.3) is 11.0 Å². The number of hydrogen-bond acceptors (Lipinski definition) is 2. The van der Waals surface area contributed by atoms with Gasteiger partial charge in [-0.3, -0.25) is 0 Å². The van der Waals surface area contributed by atoms with E-state index in [0.717, 1.165) is 16.7 Å². The Bertz CT molecular complexity index is 433. The highest BCUT2D eigenvalue weighted by atomic mass is 35.5. The van der Waals surface area contributed by atoms with Gasteiger partial charge < -0.3 is 10.7 Å². The highest BCUT2D eigenvalue weighted by molar-refractivity contribution is 6.30. The molecule has 0 atom stereocenters. The molecule has 0 aliphatic rings. The van der Waals surface area contributed by atoms with Crippen LogP contribution in [0.15, 0.2) is 12.1 Å². The number of anilines is 1. The summed E-state index contributed by atoms with van der Waals surface area (Å²) in [5.74, 6) is 0. The second-order valence-electron chi connectivity index (χ2n) is 2.75. The van der Waals surface area contributed by atoms with Crippen molar-refractivity contribution in [1.82, 2.24) is 9.97 Å². The van der Waals surface area contributed by atoms with Gasteiger partial charge in [0.25, 0.3) is 0 Å². The van der Waals surface area contributed by atoms with Gasteiger partial charge >= 0.3 is 0 Å². The van der Waals surface area contributed by atoms with Gasteiger partial charge in [0.15, 0.2) is 0 Å². The summed E-state index contributed by atoms with van der Waals surface area (Å²) < 4.78 is 0. The Labute approximate surface area is 74.5 Å². The number of hydrogen-bond donors (Lipinski definition) is 2. The van der Waals surface area contributed by atoms with Crippen LogP contribution in [0.2, 0.25) is 5.15 Å². The molecule has 2 aromatic rings. The first-order valence-electron chi connectivity index (χ1n) is 3.58. The zero-order valence-corrected chi connectivity index (χ0v) is 7.31. The lowest BCUT2D eigenvalue weighted by Crippen LogP contribution is -1.88. The highest BCUT2D eigenvalue weighted by Gasteiger charge is 2.03. The van der Waals surface area contributed by atoms with Crippen LogP contribution in [-0.2, 0) is 0 Å². The summed E-state index contributed by atoms with van der Waals surface area (Å²) in [5, 5.41) is 0.430. The Hall–Kier alpha value is -1.22. The Morgan fingerprint density at radius 2 is 2.25 bits per heavy atom. The Balaban J connectivity index is 2.88. The molecule has 4 heteroatoms. The number of aromatic amines is 1. The fraction of sp³-hybridized carbons (Fsp3) is 0.125. The third-order valence-electron chi connectivity index (χ3n) is 1.72. The Morgan fingerprint density at radius 1 is 1.50 bits per heavy atom. The topological polar surface area (TPSA) is 54.7 Å². The third-order valence-corrected chi connectivity index (χ3v) is 1.92. The lowest BCUT2D eigenvalue weighted by Gasteiger charge is -1.95. The van der Waals surface area contributed by atoms with Crippen LogP contribution >= 0.6 is 11.6 Å². The zero-order chi connectivity index (χ0) is 8.72. The molecule has 3 N–H and O–H groups in total. The summed E-state index contributed by atoms with van der Waals surface area (Å²) in [4.78, 5) is 7.22. The standard InChI is InChI=1S/C8H8ClN3/c1-4-2-6-8(11-4)5(10)3-7(9)12-6/h2-3,11H,1H3,(H2,10,12). The number of fused-ring (bicyclic) bond motifs is 1. The van der Waals surface area contributed by atoms with Crippen LogP contribution in [0, 0.1) is 6.92 Å². The van der Waals surface area contributed by atoms with E-state index in [4.69, 9.17) is 17.3 Å². The predicted molar refractivity (Wildman–Crippen MR) is 50.3 cm³/mol. The minimum absolute atomic E-state index is 0.430. The average Bonchev–Trinajstić information content (AvgIpc) is 2.29. The molecule has 0 saturated carbocycles. The van der Waals surface area contributed by atoms with Gasteiger partial charge in [0.1, 0.15) is 5.15 Å². The van der Waals surface area contributed by atoms with Gasteiger partial charge in [0.05, 0.1) is 16.7 Å². The summed E-state index contributed by atoms with van der Waals surface area (Å²) in [6.45, 7) is 1.95. The molecule has 0 bridgehead atoms. The van der Waals surface area contributed by atoms with Gasteiger partial charge in [-0.15, -0.1) is 0 Å². The fourth-order valence-corrected chi connectivity index (χ4v) is 1.44. The molecule has 3 nitrogen and oxygen atoms in total. The van der Waals surface area contributed by atoms with E-state index in [-0.39, 0.29) is 0 Å². The van der Waals surface area contributed by atoms with E-state index in [1.807, 2.05) is 13.0 Å². The van der Waals surface area contributed by atoms with Gasteiger partial charge in [0, 0.05) is 11.8 Å². The number of halogens is 1. The molecular formula is C8H8ClN3. The van der Waals surface area contributed by atoms with E-state index in [1.54, 1.807) is 6.07 Å². The first kappa shape index (κ1) is 7.43. The fourth-order valence-electron chi connectivity index (χ4n) is 1.23. The van der Waals surface area contributed by atoms with Crippen molar-refractivity contribution in [2.75, 3.05) is 5.73 Å². The van der Waals surface area contributed by atoms with Crippen molar-refractivity contribution < 1.29 is 0 Å². The van der Waals surface area contributed by atoms with Crippen molar-refractivity contribution in [2.45, 2.75) is 6.92 Å². The van der Waals surface area contributed by atoms with Crippen LogP contribution in [0.1, 0.15) is 5.69 Å². The molecule has 2 aromatic heterocycles. The minimum atomic E-state index is 0.430. The number of nitrogens with two attached hydrogens (primary N) is 1. The molecule has 0 aromatic carbocycles. The number of nitrogens with zero attached hydrogens (tertiary/aromatic N) is 1. The number of nitrogens with one attached hydrogen (secondary N) is 1. The summed E-state index contributed by atoms with van der Waals surface area (Å²) >= 11 is 5.73.